The van der Waals surface area contributed by atoms with Crippen LogP contribution < -0.4 is 4.74 Å². The van der Waals surface area contributed by atoms with Crippen molar-refractivity contribution in [3.05, 3.63) is 59.3 Å². The van der Waals surface area contributed by atoms with Crippen LogP contribution in [0.15, 0.2) is 42.6 Å². The Balaban J connectivity index is 1.99. The molecule has 3 rings (SSSR count). The summed E-state index contributed by atoms with van der Waals surface area (Å²) in [6.45, 7) is 3.91. The van der Waals surface area contributed by atoms with Gasteiger partial charge in [0, 0.05) is 25.7 Å². The summed E-state index contributed by atoms with van der Waals surface area (Å²) in [4.78, 5) is 19.4. The number of carbonyl (C=O) groups is 1. The Morgan fingerprint density at radius 1 is 1.27 bits per heavy atom. The van der Waals surface area contributed by atoms with Gasteiger partial charge in [-0.2, -0.15) is 0 Å². The van der Waals surface area contributed by atoms with Crippen molar-refractivity contribution < 1.29 is 23.1 Å². The van der Waals surface area contributed by atoms with E-state index in [1.807, 2.05) is 49.4 Å². The zero-order valence-corrected chi connectivity index (χ0v) is 20.2. The molecule has 0 fully saturated rings. The van der Waals surface area contributed by atoms with E-state index in [-0.39, 0.29) is 36.4 Å². The average molecular weight is 474 g/mol. The minimum absolute atomic E-state index is 0.117. The number of sulfonamides is 1. The normalized spacial score (nSPS) is 20.3. The first-order chi connectivity index (χ1) is 15.6. The van der Waals surface area contributed by atoms with Crippen molar-refractivity contribution in [2.24, 2.45) is 5.92 Å². The number of ether oxygens (including phenoxy) is 1. The van der Waals surface area contributed by atoms with Gasteiger partial charge in [0.25, 0.3) is 5.91 Å². The molecule has 2 heterocycles. The highest BCUT2D eigenvalue weighted by atomic mass is 32.2. The Bertz CT molecular complexity index is 1100. The second-order valence-electron chi connectivity index (χ2n) is 8.53. The molecule has 33 heavy (non-hydrogen) atoms. The molecule has 0 unspecified atom stereocenters. The molecule has 0 saturated carbocycles. The second-order valence-corrected chi connectivity index (χ2v) is 10.6. The molecule has 0 bridgehead atoms. The van der Waals surface area contributed by atoms with E-state index in [1.54, 1.807) is 24.1 Å². The van der Waals surface area contributed by atoms with Crippen LogP contribution >= 0.6 is 0 Å². The third kappa shape index (κ3) is 6.19. The average Bonchev–Trinajstić information content (AvgIpc) is 2.79. The molecule has 1 amide bonds. The lowest BCUT2D eigenvalue weighted by Crippen LogP contribution is -2.50. The number of aliphatic hydroxyl groups excluding tert-OH is 1. The molecule has 0 spiro atoms. The lowest BCUT2D eigenvalue weighted by atomic mass is 10.00. The van der Waals surface area contributed by atoms with Crippen molar-refractivity contribution >= 4 is 28.1 Å². The predicted molar refractivity (Wildman–Crippen MR) is 128 cm³/mol. The van der Waals surface area contributed by atoms with Gasteiger partial charge in [-0.1, -0.05) is 49.4 Å². The fourth-order valence-corrected chi connectivity index (χ4v) is 3.99. The molecule has 0 aliphatic carbocycles. The van der Waals surface area contributed by atoms with Gasteiger partial charge >= 0.3 is 0 Å². The molecule has 3 atom stereocenters. The fraction of sp³-hybridized carbons (Fsp3) is 0.417. The summed E-state index contributed by atoms with van der Waals surface area (Å²) in [6.07, 6.45) is 6.03. The molecular formula is C24H31N3O5S. The standard InChI is InChI=1S/C24H31N3O5S/c1-17-14-27(18(2)16-28)24(29)21-12-20(11-10-19-8-6-5-7-9-19)13-25-23(21)32-22(17)15-26(3)33(4,30)31/h5-13,17-18,22,28H,14-16H2,1-4H3/b11-10+/t17-,18-,22+/m0/s1. The third-order valence-electron chi connectivity index (χ3n) is 5.81. The van der Waals surface area contributed by atoms with Crippen LogP contribution in [0.1, 0.15) is 35.3 Å². The number of fused-ring (bicyclic) bond motifs is 1. The van der Waals surface area contributed by atoms with Crippen LogP contribution in [0.2, 0.25) is 0 Å². The van der Waals surface area contributed by atoms with Crippen LogP contribution in [-0.2, 0) is 10.0 Å². The number of amides is 1. The van der Waals surface area contributed by atoms with Crippen molar-refractivity contribution in [1.82, 2.24) is 14.2 Å². The topological polar surface area (TPSA) is 100 Å². The van der Waals surface area contributed by atoms with Crippen molar-refractivity contribution in [2.75, 3.05) is 33.0 Å². The highest BCUT2D eigenvalue weighted by Gasteiger charge is 2.35. The molecule has 0 radical (unpaired) electrons. The SMILES string of the molecule is C[C@H]1CN([C@@H](C)CO)C(=O)c2cc(/C=C/c3ccccc3)cnc2O[C@@H]1CN(C)S(C)(=O)=O. The molecule has 1 aromatic carbocycles. The first-order valence-electron chi connectivity index (χ1n) is 10.8. The molecule has 0 saturated heterocycles. The Morgan fingerprint density at radius 2 is 1.94 bits per heavy atom. The third-order valence-corrected chi connectivity index (χ3v) is 7.09. The molecule has 1 aliphatic heterocycles. The summed E-state index contributed by atoms with van der Waals surface area (Å²) in [6, 6.07) is 11.1. The smallest absolute Gasteiger partial charge is 0.259 e. The molecular weight excluding hydrogens is 442 g/mol. The number of benzene rings is 1. The number of rotatable bonds is 7. The van der Waals surface area contributed by atoms with E-state index < -0.39 is 22.2 Å². The lowest BCUT2D eigenvalue weighted by Gasteiger charge is -2.37. The summed E-state index contributed by atoms with van der Waals surface area (Å²) >= 11 is 0. The van der Waals surface area contributed by atoms with Crippen molar-refractivity contribution in [3.63, 3.8) is 0 Å². The maximum atomic E-state index is 13.4. The van der Waals surface area contributed by atoms with Crippen LogP contribution in [0, 0.1) is 5.92 Å². The van der Waals surface area contributed by atoms with Gasteiger partial charge in [0.2, 0.25) is 15.9 Å². The lowest BCUT2D eigenvalue weighted by molar-refractivity contribution is 0.0373. The maximum absolute atomic E-state index is 13.4. The number of hydrogen-bond acceptors (Lipinski definition) is 6. The summed E-state index contributed by atoms with van der Waals surface area (Å²) in [5, 5.41) is 9.74. The second kappa shape index (κ2) is 10.5. The van der Waals surface area contributed by atoms with Gasteiger partial charge < -0.3 is 14.7 Å². The minimum atomic E-state index is -3.41. The van der Waals surface area contributed by atoms with Crippen molar-refractivity contribution in [1.29, 1.82) is 0 Å². The Hall–Kier alpha value is -2.75. The molecule has 2 aromatic rings. The van der Waals surface area contributed by atoms with Crippen LogP contribution in [0.4, 0.5) is 0 Å². The molecule has 1 aromatic heterocycles. The zero-order chi connectivity index (χ0) is 24.2. The van der Waals surface area contributed by atoms with Gasteiger partial charge in [0.15, 0.2) is 0 Å². The van der Waals surface area contributed by atoms with Gasteiger partial charge in [-0.25, -0.2) is 17.7 Å². The van der Waals surface area contributed by atoms with E-state index in [0.717, 1.165) is 17.4 Å². The monoisotopic (exact) mass is 473 g/mol. The van der Waals surface area contributed by atoms with Crippen LogP contribution in [0.3, 0.4) is 0 Å². The summed E-state index contributed by atoms with van der Waals surface area (Å²) in [7, 11) is -1.91. The van der Waals surface area contributed by atoms with E-state index in [9.17, 15) is 18.3 Å². The molecule has 9 heteroatoms. The number of aromatic nitrogens is 1. The number of nitrogens with zero attached hydrogens (tertiary/aromatic N) is 3. The summed E-state index contributed by atoms with van der Waals surface area (Å²) in [5.74, 6) is -0.319. The van der Waals surface area contributed by atoms with Crippen LogP contribution in [0.25, 0.3) is 12.2 Å². The number of likely N-dealkylation sites (N-methyl/N-ethyl adjacent to an activating group) is 1. The summed E-state index contributed by atoms with van der Waals surface area (Å²) in [5.41, 5.74) is 2.02. The van der Waals surface area contributed by atoms with Gasteiger partial charge in [-0.05, 0) is 24.1 Å². The van der Waals surface area contributed by atoms with E-state index in [1.165, 1.54) is 11.4 Å². The predicted octanol–water partition coefficient (Wildman–Crippen LogP) is 2.36. The van der Waals surface area contributed by atoms with E-state index in [0.29, 0.717) is 6.54 Å². The van der Waals surface area contributed by atoms with E-state index in [4.69, 9.17) is 4.74 Å². The Labute approximate surface area is 195 Å². The van der Waals surface area contributed by atoms with Crippen LogP contribution in [0.5, 0.6) is 5.88 Å². The Kier molecular flexibility index (Phi) is 7.88. The van der Waals surface area contributed by atoms with E-state index in [2.05, 4.69) is 4.98 Å². The van der Waals surface area contributed by atoms with Crippen LogP contribution in [-0.4, -0.2) is 78.8 Å². The zero-order valence-electron chi connectivity index (χ0n) is 19.4. The molecule has 1 aliphatic rings. The van der Waals surface area contributed by atoms with Crippen molar-refractivity contribution in [3.8, 4) is 5.88 Å². The highest BCUT2D eigenvalue weighted by molar-refractivity contribution is 7.88. The number of aliphatic hydroxyl groups is 1. The number of hydrogen-bond donors (Lipinski definition) is 1. The van der Waals surface area contributed by atoms with E-state index >= 15 is 0 Å². The number of pyridine rings is 1. The quantitative estimate of drug-likeness (QED) is 0.663. The largest absolute Gasteiger partial charge is 0.472 e. The molecule has 1 N–H and O–H groups in total. The van der Waals surface area contributed by atoms with Gasteiger partial charge in [-0.3, -0.25) is 4.79 Å². The summed E-state index contributed by atoms with van der Waals surface area (Å²) < 4.78 is 31.3. The highest BCUT2D eigenvalue weighted by Crippen LogP contribution is 2.28. The van der Waals surface area contributed by atoms with Gasteiger partial charge in [0.1, 0.15) is 11.7 Å². The first-order valence-corrected chi connectivity index (χ1v) is 12.7. The maximum Gasteiger partial charge on any atom is 0.259 e. The molecule has 8 nitrogen and oxygen atoms in total. The molecule has 178 valence electrons. The fourth-order valence-electron chi connectivity index (χ4n) is 3.57. The number of carbonyl (C=O) groups excluding carboxylic acids is 1. The van der Waals surface area contributed by atoms with Gasteiger partial charge in [0.05, 0.1) is 25.4 Å². The van der Waals surface area contributed by atoms with Crippen molar-refractivity contribution in [2.45, 2.75) is 26.0 Å². The Morgan fingerprint density at radius 3 is 2.58 bits per heavy atom. The minimum Gasteiger partial charge on any atom is -0.472 e. The first kappa shape index (κ1) is 24.9. The van der Waals surface area contributed by atoms with Gasteiger partial charge in [-0.15, -0.1) is 0 Å².